The number of hydrogen-bond donors (Lipinski definition) is 2. The van der Waals surface area contributed by atoms with E-state index in [2.05, 4.69) is 33.2 Å². The standard InChI is InChI=1S/C23H18N6O.C7H8N2O/c24-20-17(5-2-10-25-20)21-27-18-8-9-19(23-26-11-12-30-23)28-22(18)29(21)16-7-6-14-3-1-4-15(14)13-16;1-5-2-3-6(4-9-5)7(8)10/h2,5-13H,1,3-4H2,(H2,24,25);2-4H,1H3,(H2,8,10). The molecule has 1 aliphatic rings. The molecule has 0 unspecified atom stereocenters. The molecule has 1 amide bonds. The van der Waals surface area contributed by atoms with E-state index in [9.17, 15) is 4.79 Å². The first-order chi connectivity index (χ1) is 19.5. The SMILES string of the molecule is Cc1ccc(C(N)=O)cn1.Nc1ncccc1-c1nc2ccc(-c3ncco3)nc2n1-c1ccc2c(c1)CCC2. The molecule has 6 aromatic rings. The molecule has 198 valence electrons. The van der Waals surface area contributed by atoms with Crippen LogP contribution in [-0.4, -0.2) is 35.4 Å². The van der Waals surface area contributed by atoms with Gasteiger partial charge in [-0.25, -0.2) is 19.9 Å². The second kappa shape index (κ2) is 10.4. The Hall–Kier alpha value is -5.38. The van der Waals surface area contributed by atoms with E-state index < -0.39 is 5.91 Å². The molecule has 4 N–H and O–H groups in total. The first-order valence-electron chi connectivity index (χ1n) is 12.8. The second-order valence-electron chi connectivity index (χ2n) is 9.44. The van der Waals surface area contributed by atoms with Gasteiger partial charge < -0.3 is 15.9 Å². The number of imidazole rings is 1. The van der Waals surface area contributed by atoms with Crippen LogP contribution in [0.25, 0.3) is 39.8 Å². The Morgan fingerprint density at radius 1 is 0.950 bits per heavy atom. The van der Waals surface area contributed by atoms with Gasteiger partial charge in [-0.1, -0.05) is 6.07 Å². The Morgan fingerprint density at radius 2 is 1.82 bits per heavy atom. The lowest BCUT2D eigenvalue weighted by atomic mass is 10.1. The van der Waals surface area contributed by atoms with Crippen molar-refractivity contribution in [1.82, 2.24) is 29.5 Å². The van der Waals surface area contributed by atoms with E-state index >= 15 is 0 Å². The lowest BCUT2D eigenvalue weighted by Crippen LogP contribution is -2.10. The number of anilines is 1. The molecule has 40 heavy (non-hydrogen) atoms. The van der Waals surface area contributed by atoms with Gasteiger partial charge in [0.1, 0.15) is 23.3 Å². The van der Waals surface area contributed by atoms with Gasteiger partial charge >= 0.3 is 0 Å². The molecular formula is C30H26N8O2. The van der Waals surface area contributed by atoms with Crippen LogP contribution in [0, 0.1) is 6.92 Å². The summed E-state index contributed by atoms with van der Waals surface area (Å²) in [4.78, 5) is 32.6. The number of carbonyl (C=O) groups is 1. The largest absolute Gasteiger partial charge is 0.443 e. The maximum absolute atomic E-state index is 10.5. The summed E-state index contributed by atoms with van der Waals surface area (Å²) in [6.07, 6.45) is 9.72. The van der Waals surface area contributed by atoms with Crippen molar-refractivity contribution in [1.29, 1.82) is 0 Å². The van der Waals surface area contributed by atoms with Crippen LogP contribution < -0.4 is 11.5 Å². The first-order valence-corrected chi connectivity index (χ1v) is 12.8. The molecule has 7 rings (SSSR count). The summed E-state index contributed by atoms with van der Waals surface area (Å²) in [5.41, 5.74) is 19.2. The highest BCUT2D eigenvalue weighted by Crippen LogP contribution is 2.33. The highest BCUT2D eigenvalue weighted by Gasteiger charge is 2.21. The molecule has 10 nitrogen and oxygen atoms in total. The average Bonchev–Trinajstić information content (AvgIpc) is 3.73. The molecule has 0 saturated heterocycles. The quantitative estimate of drug-likeness (QED) is 0.333. The smallest absolute Gasteiger partial charge is 0.250 e. The number of hydrogen-bond acceptors (Lipinski definition) is 8. The number of aromatic nitrogens is 6. The summed E-state index contributed by atoms with van der Waals surface area (Å²) >= 11 is 0. The van der Waals surface area contributed by atoms with Gasteiger partial charge in [0, 0.05) is 23.8 Å². The van der Waals surface area contributed by atoms with E-state index in [4.69, 9.17) is 25.9 Å². The molecule has 0 spiro atoms. The molecule has 1 aromatic carbocycles. The van der Waals surface area contributed by atoms with Crippen LogP contribution in [0.4, 0.5) is 5.82 Å². The van der Waals surface area contributed by atoms with Gasteiger partial charge in [-0.05, 0) is 85.8 Å². The van der Waals surface area contributed by atoms with E-state index in [1.807, 2.05) is 35.8 Å². The molecule has 0 bridgehead atoms. The summed E-state index contributed by atoms with van der Waals surface area (Å²) in [5.74, 6) is 1.18. The average molecular weight is 531 g/mol. The molecule has 1 aliphatic carbocycles. The monoisotopic (exact) mass is 530 g/mol. The Balaban J connectivity index is 0.000000246. The molecule has 5 aromatic heterocycles. The highest BCUT2D eigenvalue weighted by atomic mass is 16.3. The topological polar surface area (TPSA) is 152 Å². The van der Waals surface area contributed by atoms with Gasteiger partial charge in [0.2, 0.25) is 11.8 Å². The maximum Gasteiger partial charge on any atom is 0.250 e. The van der Waals surface area contributed by atoms with Gasteiger partial charge in [-0.2, -0.15) is 0 Å². The van der Waals surface area contributed by atoms with Crippen molar-refractivity contribution in [3.05, 3.63) is 102 Å². The van der Waals surface area contributed by atoms with Crippen molar-refractivity contribution >= 4 is 22.9 Å². The fraction of sp³-hybridized carbons (Fsp3) is 0.133. The van der Waals surface area contributed by atoms with Gasteiger partial charge in [-0.15, -0.1) is 0 Å². The number of benzene rings is 1. The number of carbonyl (C=O) groups excluding carboxylic acids is 1. The molecule has 0 aliphatic heterocycles. The van der Waals surface area contributed by atoms with Crippen LogP contribution in [0.3, 0.4) is 0 Å². The molecule has 5 heterocycles. The Bertz CT molecular complexity index is 1830. The maximum atomic E-state index is 10.5. The third-order valence-electron chi connectivity index (χ3n) is 6.77. The summed E-state index contributed by atoms with van der Waals surface area (Å²) < 4.78 is 7.50. The zero-order valence-electron chi connectivity index (χ0n) is 21.8. The number of oxazole rings is 1. The van der Waals surface area contributed by atoms with E-state index in [0.717, 1.165) is 41.0 Å². The number of aryl methyl sites for hydroxylation is 3. The zero-order chi connectivity index (χ0) is 27.6. The van der Waals surface area contributed by atoms with Gasteiger partial charge in [0.25, 0.3) is 0 Å². The Labute approximate surface area is 229 Å². The van der Waals surface area contributed by atoms with E-state index in [-0.39, 0.29) is 0 Å². The van der Waals surface area contributed by atoms with E-state index in [1.165, 1.54) is 23.7 Å². The first kappa shape index (κ1) is 24.9. The predicted octanol–water partition coefficient (Wildman–Crippen LogP) is 4.70. The lowest BCUT2D eigenvalue weighted by Gasteiger charge is -2.12. The second-order valence-corrected chi connectivity index (χ2v) is 9.44. The van der Waals surface area contributed by atoms with Crippen molar-refractivity contribution in [2.75, 3.05) is 5.73 Å². The summed E-state index contributed by atoms with van der Waals surface area (Å²) in [6.45, 7) is 1.85. The number of nitrogens with zero attached hydrogens (tertiary/aromatic N) is 6. The summed E-state index contributed by atoms with van der Waals surface area (Å²) in [7, 11) is 0. The number of amides is 1. The minimum atomic E-state index is -0.438. The fourth-order valence-electron chi connectivity index (χ4n) is 4.77. The van der Waals surface area contributed by atoms with Gasteiger partial charge in [0.15, 0.2) is 11.5 Å². The van der Waals surface area contributed by atoms with Crippen LogP contribution in [0.15, 0.2) is 83.9 Å². The number of nitrogen functional groups attached to an aromatic ring is 1. The van der Waals surface area contributed by atoms with Gasteiger partial charge in [-0.3, -0.25) is 14.3 Å². The van der Waals surface area contributed by atoms with Crippen molar-refractivity contribution in [2.45, 2.75) is 26.2 Å². The number of nitrogens with two attached hydrogens (primary N) is 2. The van der Waals surface area contributed by atoms with Crippen molar-refractivity contribution < 1.29 is 9.21 Å². The number of primary amides is 1. The van der Waals surface area contributed by atoms with E-state index in [1.54, 1.807) is 30.8 Å². The van der Waals surface area contributed by atoms with Crippen LogP contribution in [-0.2, 0) is 12.8 Å². The third-order valence-corrected chi connectivity index (χ3v) is 6.77. The molecule has 0 radical (unpaired) electrons. The van der Waals surface area contributed by atoms with Gasteiger partial charge in [0.05, 0.1) is 17.3 Å². The number of fused-ring (bicyclic) bond motifs is 2. The van der Waals surface area contributed by atoms with Crippen LogP contribution >= 0.6 is 0 Å². The van der Waals surface area contributed by atoms with Crippen molar-refractivity contribution in [2.24, 2.45) is 5.73 Å². The molecule has 0 atom stereocenters. The van der Waals surface area contributed by atoms with Crippen LogP contribution in [0.1, 0.15) is 33.6 Å². The third kappa shape index (κ3) is 4.78. The minimum absolute atomic E-state index is 0.433. The highest BCUT2D eigenvalue weighted by molar-refractivity contribution is 5.92. The molecule has 10 heteroatoms. The molecule has 0 saturated carbocycles. The molecule has 0 fully saturated rings. The van der Waals surface area contributed by atoms with Crippen LogP contribution in [0.2, 0.25) is 0 Å². The number of rotatable bonds is 4. The zero-order valence-corrected chi connectivity index (χ0v) is 21.8. The lowest BCUT2D eigenvalue weighted by molar-refractivity contribution is 0.1000. The number of pyridine rings is 3. The summed E-state index contributed by atoms with van der Waals surface area (Å²) in [5, 5.41) is 0. The normalized spacial score (nSPS) is 12.1. The Morgan fingerprint density at radius 3 is 2.58 bits per heavy atom. The predicted molar refractivity (Wildman–Crippen MR) is 152 cm³/mol. The van der Waals surface area contributed by atoms with Crippen LogP contribution in [0.5, 0.6) is 0 Å². The summed E-state index contributed by atoms with van der Waals surface area (Å²) in [6, 6.07) is 17.6. The van der Waals surface area contributed by atoms with Crippen molar-refractivity contribution in [3.63, 3.8) is 0 Å². The van der Waals surface area contributed by atoms with E-state index in [0.29, 0.717) is 28.8 Å². The van der Waals surface area contributed by atoms with Crippen molar-refractivity contribution in [3.8, 4) is 28.7 Å². The fourth-order valence-corrected chi connectivity index (χ4v) is 4.77. The Kier molecular flexibility index (Phi) is 6.49. The minimum Gasteiger partial charge on any atom is -0.443 e. The molecular weight excluding hydrogens is 504 g/mol.